The van der Waals surface area contributed by atoms with Gasteiger partial charge < -0.3 is 10.1 Å². The van der Waals surface area contributed by atoms with Gasteiger partial charge >= 0.3 is 0 Å². The Hall–Kier alpha value is -2.84. The summed E-state index contributed by atoms with van der Waals surface area (Å²) in [6.45, 7) is 4.63. The highest BCUT2D eigenvalue weighted by Gasteiger charge is 2.25. The molecule has 2 aromatic heterocycles. The number of benzene rings is 1. The highest BCUT2D eigenvalue weighted by molar-refractivity contribution is 7.09. The van der Waals surface area contributed by atoms with Gasteiger partial charge in [-0.05, 0) is 63.2 Å². The number of carbonyl (C=O) groups excluding carboxylic acids is 1. The van der Waals surface area contributed by atoms with Crippen LogP contribution in [0, 0.1) is 18.7 Å². The number of rotatable bonds is 6. The lowest BCUT2D eigenvalue weighted by Crippen LogP contribution is -2.37. The molecule has 0 saturated carbocycles. The molecule has 0 atom stereocenters. The Morgan fingerprint density at radius 2 is 2.00 bits per heavy atom. The number of nitrogens with one attached hydrogen (secondary N) is 1. The Kier molecular flexibility index (Phi) is 6.35. The van der Waals surface area contributed by atoms with Crippen LogP contribution in [-0.2, 0) is 11.3 Å². The van der Waals surface area contributed by atoms with Crippen LogP contribution in [0.25, 0.3) is 0 Å². The maximum absolute atomic E-state index is 13.0. The summed E-state index contributed by atoms with van der Waals surface area (Å²) in [5.74, 6) is 0.574. The summed E-state index contributed by atoms with van der Waals surface area (Å²) in [7, 11) is 0. The van der Waals surface area contributed by atoms with Crippen molar-refractivity contribution in [3.63, 3.8) is 0 Å². The molecule has 1 fully saturated rings. The van der Waals surface area contributed by atoms with Gasteiger partial charge in [-0.3, -0.25) is 9.69 Å². The lowest BCUT2D eigenvalue weighted by molar-refractivity contribution is -0.121. The van der Waals surface area contributed by atoms with Gasteiger partial charge in [0.2, 0.25) is 11.8 Å². The molecule has 156 valence electrons. The van der Waals surface area contributed by atoms with Crippen LogP contribution in [0.2, 0.25) is 0 Å². The van der Waals surface area contributed by atoms with E-state index in [-0.39, 0.29) is 17.6 Å². The summed E-state index contributed by atoms with van der Waals surface area (Å²) in [5.41, 5.74) is 1.74. The van der Waals surface area contributed by atoms with Crippen molar-refractivity contribution in [1.29, 1.82) is 0 Å². The minimum atomic E-state index is -0.322. The number of hydrogen-bond donors (Lipinski definition) is 1. The van der Waals surface area contributed by atoms with Crippen molar-refractivity contribution in [2.75, 3.05) is 18.4 Å². The fourth-order valence-corrected chi connectivity index (χ4v) is 4.05. The molecule has 0 spiro atoms. The van der Waals surface area contributed by atoms with Crippen molar-refractivity contribution in [1.82, 2.24) is 14.9 Å². The number of likely N-dealkylation sites (tertiary alicyclic amines) is 1. The third-order valence-electron chi connectivity index (χ3n) is 5.05. The van der Waals surface area contributed by atoms with Crippen LogP contribution in [-0.4, -0.2) is 33.9 Å². The summed E-state index contributed by atoms with van der Waals surface area (Å²) >= 11 is 1.67. The molecule has 0 unspecified atom stereocenters. The molecule has 6 nitrogen and oxygen atoms in total. The Balaban J connectivity index is 1.25. The van der Waals surface area contributed by atoms with Crippen molar-refractivity contribution in [2.24, 2.45) is 5.92 Å². The number of aryl methyl sites for hydroxylation is 1. The first kappa shape index (κ1) is 20.4. The number of ether oxygens (including phenoxy) is 1. The van der Waals surface area contributed by atoms with Crippen molar-refractivity contribution in [3.8, 4) is 11.6 Å². The van der Waals surface area contributed by atoms with Gasteiger partial charge in [-0.2, -0.15) is 0 Å². The Labute approximate surface area is 178 Å². The number of pyridine rings is 1. The number of hydrogen-bond acceptors (Lipinski definition) is 6. The molecule has 30 heavy (non-hydrogen) atoms. The smallest absolute Gasteiger partial charge is 0.227 e. The lowest BCUT2D eigenvalue weighted by Gasteiger charge is -2.30. The van der Waals surface area contributed by atoms with E-state index < -0.39 is 0 Å². The van der Waals surface area contributed by atoms with Gasteiger partial charge in [0.15, 0.2) is 0 Å². The maximum atomic E-state index is 13.0. The second-order valence-electron chi connectivity index (χ2n) is 7.34. The molecule has 1 amide bonds. The minimum Gasteiger partial charge on any atom is -0.439 e. The fraction of sp³-hybridized carbons (Fsp3) is 0.318. The number of aromatic nitrogens is 2. The van der Waals surface area contributed by atoms with E-state index in [4.69, 9.17) is 4.74 Å². The zero-order chi connectivity index (χ0) is 20.9. The Bertz CT molecular complexity index is 983. The molecule has 4 rings (SSSR count). The van der Waals surface area contributed by atoms with Gasteiger partial charge in [0.1, 0.15) is 11.6 Å². The Morgan fingerprint density at radius 3 is 2.63 bits per heavy atom. The summed E-state index contributed by atoms with van der Waals surface area (Å²) in [6, 6.07) is 9.16. The monoisotopic (exact) mass is 426 g/mol. The summed E-state index contributed by atoms with van der Waals surface area (Å²) in [5, 5.41) is 6.13. The van der Waals surface area contributed by atoms with Crippen molar-refractivity contribution < 1.29 is 13.9 Å². The molecular weight excluding hydrogens is 403 g/mol. The fourth-order valence-electron chi connectivity index (χ4n) is 3.45. The number of piperidine rings is 1. The van der Waals surface area contributed by atoms with Crippen LogP contribution in [0.3, 0.4) is 0 Å². The number of nitrogens with zero attached hydrogens (tertiary/aromatic N) is 3. The van der Waals surface area contributed by atoms with E-state index in [1.807, 2.05) is 6.92 Å². The van der Waals surface area contributed by atoms with Crippen LogP contribution in [0.15, 0.2) is 48.0 Å². The van der Waals surface area contributed by atoms with E-state index in [2.05, 4.69) is 25.6 Å². The predicted molar refractivity (Wildman–Crippen MR) is 114 cm³/mol. The van der Waals surface area contributed by atoms with Crippen LogP contribution < -0.4 is 10.1 Å². The number of amides is 1. The van der Waals surface area contributed by atoms with E-state index in [9.17, 15) is 9.18 Å². The highest BCUT2D eigenvalue weighted by atomic mass is 32.1. The number of halogens is 1. The molecule has 1 N–H and O–H groups in total. The van der Waals surface area contributed by atoms with Crippen LogP contribution in [0.1, 0.15) is 23.5 Å². The topological polar surface area (TPSA) is 67.4 Å². The van der Waals surface area contributed by atoms with Crippen LogP contribution in [0.4, 0.5) is 10.1 Å². The van der Waals surface area contributed by atoms with Gasteiger partial charge in [-0.1, -0.05) is 0 Å². The molecule has 1 aliphatic rings. The first-order valence-corrected chi connectivity index (χ1v) is 10.8. The van der Waals surface area contributed by atoms with E-state index in [1.165, 1.54) is 24.3 Å². The first-order chi connectivity index (χ1) is 14.5. The standard InChI is InChI=1S/C22H23FN4O2S/c1-15-25-19(14-30-15)13-27-10-8-16(9-11-27)22(28)26-18-4-7-21(24-12-18)29-20-5-2-17(23)3-6-20/h2-7,12,14,16H,8-11,13H2,1H3,(H,26,28). The molecule has 1 saturated heterocycles. The molecule has 8 heteroatoms. The van der Waals surface area contributed by atoms with Crippen molar-refractivity contribution >= 4 is 22.9 Å². The van der Waals surface area contributed by atoms with Gasteiger partial charge in [0, 0.05) is 23.9 Å². The normalized spacial score (nSPS) is 15.1. The van der Waals surface area contributed by atoms with Gasteiger partial charge in [0.25, 0.3) is 0 Å². The van der Waals surface area contributed by atoms with Crippen LogP contribution in [0.5, 0.6) is 11.6 Å². The Morgan fingerprint density at radius 1 is 1.23 bits per heavy atom. The van der Waals surface area contributed by atoms with Gasteiger partial charge in [-0.15, -0.1) is 11.3 Å². The molecule has 0 radical (unpaired) electrons. The molecule has 1 aliphatic heterocycles. The zero-order valence-electron chi connectivity index (χ0n) is 16.7. The third kappa shape index (κ3) is 5.40. The second-order valence-corrected chi connectivity index (χ2v) is 8.40. The average molecular weight is 427 g/mol. The van der Waals surface area contributed by atoms with E-state index in [0.717, 1.165) is 43.2 Å². The van der Waals surface area contributed by atoms with Crippen molar-refractivity contribution in [3.05, 3.63) is 64.5 Å². The third-order valence-corrected chi connectivity index (χ3v) is 5.87. The zero-order valence-corrected chi connectivity index (χ0v) is 17.5. The van der Waals surface area contributed by atoms with E-state index >= 15 is 0 Å². The van der Waals surface area contributed by atoms with Crippen molar-refractivity contribution in [2.45, 2.75) is 26.3 Å². The predicted octanol–water partition coefficient (Wildman–Crippen LogP) is 4.63. The average Bonchev–Trinajstić information content (AvgIpc) is 3.16. The van der Waals surface area contributed by atoms with E-state index in [0.29, 0.717) is 17.3 Å². The first-order valence-electron chi connectivity index (χ1n) is 9.89. The molecule has 3 heterocycles. The largest absolute Gasteiger partial charge is 0.439 e. The van der Waals surface area contributed by atoms with Gasteiger partial charge in [0.05, 0.1) is 22.6 Å². The molecule has 3 aromatic rings. The lowest BCUT2D eigenvalue weighted by atomic mass is 9.96. The van der Waals surface area contributed by atoms with E-state index in [1.54, 1.807) is 29.7 Å². The molecular formula is C22H23FN4O2S. The maximum Gasteiger partial charge on any atom is 0.227 e. The van der Waals surface area contributed by atoms with Gasteiger partial charge in [-0.25, -0.2) is 14.4 Å². The summed E-state index contributed by atoms with van der Waals surface area (Å²) < 4.78 is 18.5. The molecule has 0 bridgehead atoms. The second kappa shape index (κ2) is 9.32. The quantitative estimate of drug-likeness (QED) is 0.623. The number of thiazole rings is 1. The number of anilines is 1. The summed E-state index contributed by atoms with van der Waals surface area (Å²) in [6.07, 6.45) is 3.22. The highest BCUT2D eigenvalue weighted by Crippen LogP contribution is 2.23. The summed E-state index contributed by atoms with van der Waals surface area (Å²) in [4.78, 5) is 23.7. The molecule has 0 aliphatic carbocycles. The minimum absolute atomic E-state index is 0.00596. The SMILES string of the molecule is Cc1nc(CN2CCC(C(=O)Nc3ccc(Oc4ccc(F)cc4)nc3)CC2)cs1. The molecule has 1 aromatic carbocycles. The van der Waals surface area contributed by atoms with Crippen LogP contribution >= 0.6 is 11.3 Å². The number of carbonyl (C=O) groups is 1.